The third-order valence-electron chi connectivity index (χ3n) is 2.01. The summed E-state index contributed by atoms with van der Waals surface area (Å²) in [7, 11) is 0. The minimum atomic E-state index is -0.467. The van der Waals surface area contributed by atoms with Crippen LogP contribution in [0.5, 0.6) is 0 Å². The van der Waals surface area contributed by atoms with Crippen LogP contribution >= 0.6 is 0 Å². The van der Waals surface area contributed by atoms with E-state index in [1.54, 1.807) is 6.08 Å². The molecular formula is C11H15NO. The first-order chi connectivity index (χ1) is 6.15. The van der Waals surface area contributed by atoms with Gasteiger partial charge in [0.2, 0.25) is 0 Å². The number of hydrogen-bond donors (Lipinski definition) is 1. The second-order valence-electron chi connectivity index (χ2n) is 3.17. The van der Waals surface area contributed by atoms with Crippen molar-refractivity contribution in [1.82, 2.24) is 4.98 Å². The highest BCUT2D eigenvalue weighted by atomic mass is 16.3. The molecule has 1 unspecified atom stereocenters. The van der Waals surface area contributed by atoms with E-state index in [-0.39, 0.29) is 0 Å². The van der Waals surface area contributed by atoms with E-state index in [1.165, 1.54) is 0 Å². The van der Waals surface area contributed by atoms with Gasteiger partial charge in [0, 0.05) is 17.0 Å². The molecule has 1 atom stereocenters. The molecule has 0 spiro atoms. The third kappa shape index (κ3) is 2.39. The summed E-state index contributed by atoms with van der Waals surface area (Å²) in [6.07, 6.45) is 1.82. The number of aromatic nitrogens is 1. The summed E-state index contributed by atoms with van der Waals surface area (Å²) in [6.45, 7) is 7.45. The lowest BCUT2D eigenvalue weighted by atomic mass is 10.1. The molecule has 0 bridgehead atoms. The summed E-state index contributed by atoms with van der Waals surface area (Å²) in [4.78, 5) is 4.28. The van der Waals surface area contributed by atoms with E-state index in [9.17, 15) is 5.11 Å². The number of rotatable bonds is 3. The molecule has 1 aromatic rings. The van der Waals surface area contributed by atoms with E-state index in [2.05, 4.69) is 11.6 Å². The van der Waals surface area contributed by atoms with Crippen molar-refractivity contribution in [2.75, 3.05) is 0 Å². The number of pyridine rings is 1. The molecule has 1 heterocycles. The van der Waals surface area contributed by atoms with E-state index in [1.807, 2.05) is 26.0 Å². The Labute approximate surface area is 78.9 Å². The first-order valence-electron chi connectivity index (χ1n) is 4.38. The summed E-state index contributed by atoms with van der Waals surface area (Å²) in [5, 5.41) is 9.68. The van der Waals surface area contributed by atoms with Crippen molar-refractivity contribution in [3.8, 4) is 0 Å². The molecule has 0 aromatic carbocycles. The van der Waals surface area contributed by atoms with Gasteiger partial charge in [-0.2, -0.15) is 0 Å². The SMILES string of the molecule is C=CCC(O)c1ccc(C)nc1C. The number of aryl methyl sites for hydroxylation is 2. The third-order valence-corrected chi connectivity index (χ3v) is 2.01. The number of nitrogens with zero attached hydrogens (tertiary/aromatic N) is 1. The summed E-state index contributed by atoms with van der Waals surface area (Å²) in [5.74, 6) is 0. The fourth-order valence-electron chi connectivity index (χ4n) is 1.33. The number of aliphatic hydroxyl groups excluding tert-OH is 1. The van der Waals surface area contributed by atoms with E-state index in [0.29, 0.717) is 6.42 Å². The maximum absolute atomic E-state index is 9.68. The van der Waals surface area contributed by atoms with Crippen molar-refractivity contribution >= 4 is 0 Å². The fourth-order valence-corrected chi connectivity index (χ4v) is 1.33. The van der Waals surface area contributed by atoms with Crippen LogP contribution in [-0.2, 0) is 0 Å². The first-order valence-corrected chi connectivity index (χ1v) is 4.38. The molecule has 13 heavy (non-hydrogen) atoms. The molecule has 1 N–H and O–H groups in total. The minimum absolute atomic E-state index is 0.467. The van der Waals surface area contributed by atoms with Gasteiger partial charge in [0.15, 0.2) is 0 Å². The normalized spacial score (nSPS) is 12.5. The molecule has 0 aliphatic heterocycles. The van der Waals surface area contributed by atoms with Gasteiger partial charge in [-0.25, -0.2) is 0 Å². The van der Waals surface area contributed by atoms with Crippen LogP contribution in [0.15, 0.2) is 24.8 Å². The van der Waals surface area contributed by atoms with Crippen molar-refractivity contribution in [2.45, 2.75) is 26.4 Å². The van der Waals surface area contributed by atoms with Crippen molar-refractivity contribution in [3.63, 3.8) is 0 Å². The molecule has 1 rings (SSSR count). The summed E-state index contributed by atoms with van der Waals surface area (Å²) < 4.78 is 0. The zero-order chi connectivity index (χ0) is 9.84. The van der Waals surface area contributed by atoms with Crippen LogP contribution in [0.1, 0.15) is 29.5 Å². The van der Waals surface area contributed by atoms with Crippen LogP contribution in [0, 0.1) is 13.8 Å². The molecule has 1 aromatic heterocycles. The zero-order valence-corrected chi connectivity index (χ0v) is 8.12. The maximum Gasteiger partial charge on any atom is 0.0841 e. The quantitative estimate of drug-likeness (QED) is 0.719. The predicted octanol–water partition coefficient (Wildman–Crippen LogP) is 2.31. The summed E-state index contributed by atoms with van der Waals surface area (Å²) in [6, 6.07) is 3.83. The molecule has 0 saturated carbocycles. The molecular weight excluding hydrogens is 162 g/mol. The predicted molar refractivity (Wildman–Crippen MR) is 53.5 cm³/mol. The maximum atomic E-state index is 9.68. The van der Waals surface area contributed by atoms with Crippen molar-refractivity contribution in [2.24, 2.45) is 0 Å². The van der Waals surface area contributed by atoms with Crippen LogP contribution in [0.4, 0.5) is 0 Å². The van der Waals surface area contributed by atoms with E-state index >= 15 is 0 Å². The average molecular weight is 177 g/mol. The standard InChI is InChI=1S/C11H15NO/c1-4-5-11(13)10-7-6-8(2)12-9(10)3/h4,6-7,11,13H,1,5H2,2-3H3. The van der Waals surface area contributed by atoms with Gasteiger partial charge in [0.1, 0.15) is 0 Å². The van der Waals surface area contributed by atoms with Gasteiger partial charge >= 0.3 is 0 Å². The van der Waals surface area contributed by atoms with E-state index < -0.39 is 6.10 Å². The van der Waals surface area contributed by atoms with Gasteiger partial charge in [-0.15, -0.1) is 6.58 Å². The van der Waals surface area contributed by atoms with Crippen molar-refractivity contribution in [1.29, 1.82) is 0 Å². The monoisotopic (exact) mass is 177 g/mol. The van der Waals surface area contributed by atoms with Gasteiger partial charge < -0.3 is 5.11 Å². The molecule has 0 aliphatic carbocycles. The largest absolute Gasteiger partial charge is 0.388 e. The highest BCUT2D eigenvalue weighted by molar-refractivity contribution is 5.24. The zero-order valence-electron chi connectivity index (χ0n) is 8.12. The van der Waals surface area contributed by atoms with Crippen molar-refractivity contribution < 1.29 is 5.11 Å². The smallest absolute Gasteiger partial charge is 0.0841 e. The number of aliphatic hydroxyl groups is 1. The molecule has 0 radical (unpaired) electrons. The Kier molecular flexibility index (Phi) is 3.20. The van der Waals surface area contributed by atoms with Crippen LogP contribution in [0.3, 0.4) is 0 Å². The van der Waals surface area contributed by atoms with Crippen molar-refractivity contribution in [3.05, 3.63) is 41.7 Å². The molecule has 2 heteroatoms. The lowest BCUT2D eigenvalue weighted by Gasteiger charge is -2.11. The Morgan fingerprint density at radius 1 is 1.54 bits per heavy atom. The highest BCUT2D eigenvalue weighted by Crippen LogP contribution is 2.19. The summed E-state index contributed by atoms with van der Waals surface area (Å²) >= 11 is 0. The Balaban J connectivity index is 2.94. The van der Waals surface area contributed by atoms with Gasteiger partial charge in [-0.3, -0.25) is 4.98 Å². The second kappa shape index (κ2) is 4.19. The van der Waals surface area contributed by atoms with Gasteiger partial charge in [0.25, 0.3) is 0 Å². The van der Waals surface area contributed by atoms with Gasteiger partial charge in [-0.1, -0.05) is 12.1 Å². The van der Waals surface area contributed by atoms with E-state index in [4.69, 9.17) is 0 Å². The lowest BCUT2D eigenvalue weighted by molar-refractivity contribution is 0.180. The van der Waals surface area contributed by atoms with Crippen LogP contribution in [-0.4, -0.2) is 10.1 Å². The van der Waals surface area contributed by atoms with Gasteiger partial charge in [-0.05, 0) is 26.3 Å². The molecule has 70 valence electrons. The molecule has 0 fully saturated rings. The van der Waals surface area contributed by atoms with Crippen LogP contribution < -0.4 is 0 Å². The highest BCUT2D eigenvalue weighted by Gasteiger charge is 2.08. The van der Waals surface area contributed by atoms with E-state index in [0.717, 1.165) is 17.0 Å². The Bertz CT molecular complexity index is 307. The minimum Gasteiger partial charge on any atom is -0.388 e. The molecule has 2 nitrogen and oxygen atoms in total. The van der Waals surface area contributed by atoms with Crippen LogP contribution in [0.2, 0.25) is 0 Å². The first kappa shape index (κ1) is 9.93. The van der Waals surface area contributed by atoms with Crippen LogP contribution in [0.25, 0.3) is 0 Å². The molecule has 0 saturated heterocycles. The van der Waals surface area contributed by atoms with Gasteiger partial charge in [0.05, 0.1) is 6.10 Å². The molecule has 0 amide bonds. The second-order valence-corrected chi connectivity index (χ2v) is 3.17. The Morgan fingerprint density at radius 3 is 2.77 bits per heavy atom. The Morgan fingerprint density at radius 2 is 2.23 bits per heavy atom. The average Bonchev–Trinajstić information content (AvgIpc) is 2.04. The lowest BCUT2D eigenvalue weighted by Crippen LogP contribution is -2.01. The summed E-state index contributed by atoms with van der Waals surface area (Å²) in [5.41, 5.74) is 2.77. The Hall–Kier alpha value is -1.15. The number of hydrogen-bond acceptors (Lipinski definition) is 2. The molecule has 0 aliphatic rings. The topological polar surface area (TPSA) is 33.1 Å². The fraction of sp³-hybridized carbons (Fsp3) is 0.364.